The van der Waals surface area contributed by atoms with Crippen molar-refractivity contribution in [1.82, 2.24) is 4.90 Å². The van der Waals surface area contributed by atoms with Gasteiger partial charge in [-0.15, -0.1) is 0 Å². The van der Waals surface area contributed by atoms with E-state index in [4.69, 9.17) is 4.74 Å². The van der Waals surface area contributed by atoms with Crippen molar-refractivity contribution in [3.63, 3.8) is 0 Å². The Kier molecular flexibility index (Phi) is 6.15. The zero-order valence-corrected chi connectivity index (χ0v) is 14.4. The maximum Gasteiger partial charge on any atom is 0.338 e. The first-order valence-corrected chi connectivity index (χ1v) is 9.30. The highest BCUT2D eigenvalue weighted by molar-refractivity contribution is 7.85. The molecule has 1 aromatic rings. The minimum atomic E-state index is -0.685. The van der Waals surface area contributed by atoms with Gasteiger partial charge in [0.15, 0.2) is 0 Å². The quantitative estimate of drug-likeness (QED) is 0.799. The molecule has 4 nitrogen and oxygen atoms in total. The number of nitrogens with zero attached hydrogens (tertiary/aromatic N) is 1. The van der Waals surface area contributed by atoms with Gasteiger partial charge in [-0.25, -0.2) is 4.79 Å². The van der Waals surface area contributed by atoms with Crippen LogP contribution in [-0.4, -0.2) is 45.8 Å². The summed E-state index contributed by atoms with van der Waals surface area (Å²) in [6.07, 6.45) is -0.105. The van der Waals surface area contributed by atoms with Crippen molar-refractivity contribution >= 4 is 16.8 Å². The van der Waals surface area contributed by atoms with Crippen molar-refractivity contribution in [1.29, 1.82) is 0 Å². The molecule has 122 valence electrons. The van der Waals surface area contributed by atoms with Crippen molar-refractivity contribution in [3.05, 3.63) is 35.4 Å². The van der Waals surface area contributed by atoms with E-state index in [0.29, 0.717) is 11.5 Å². The Morgan fingerprint density at radius 1 is 1.36 bits per heavy atom. The SMILES string of the molecule is CC(C)OC(=O)c1ccc(CN2CC[S@](=O)C[C@@H](C)C2)cc1. The Bertz CT molecular complexity index is 527. The molecule has 1 aromatic carbocycles. The number of esters is 1. The molecule has 1 aliphatic heterocycles. The third kappa shape index (κ3) is 5.21. The van der Waals surface area contributed by atoms with Gasteiger partial charge < -0.3 is 4.74 Å². The van der Waals surface area contributed by atoms with Crippen molar-refractivity contribution < 1.29 is 13.7 Å². The predicted octanol–water partition coefficient (Wildman–Crippen LogP) is 2.45. The molecular formula is C17H25NO3S. The van der Waals surface area contributed by atoms with Gasteiger partial charge in [0.1, 0.15) is 0 Å². The highest BCUT2D eigenvalue weighted by atomic mass is 32.2. The van der Waals surface area contributed by atoms with Gasteiger partial charge in [0.2, 0.25) is 0 Å². The van der Waals surface area contributed by atoms with E-state index >= 15 is 0 Å². The van der Waals surface area contributed by atoms with Crippen LogP contribution in [-0.2, 0) is 22.1 Å². The topological polar surface area (TPSA) is 46.6 Å². The van der Waals surface area contributed by atoms with Crippen LogP contribution in [0.4, 0.5) is 0 Å². The van der Waals surface area contributed by atoms with Crippen molar-refractivity contribution in [2.75, 3.05) is 24.6 Å². The summed E-state index contributed by atoms with van der Waals surface area (Å²) >= 11 is 0. The largest absolute Gasteiger partial charge is 0.459 e. The summed E-state index contributed by atoms with van der Waals surface area (Å²) in [6, 6.07) is 7.59. The zero-order chi connectivity index (χ0) is 16.1. The van der Waals surface area contributed by atoms with Crippen LogP contribution < -0.4 is 0 Å². The van der Waals surface area contributed by atoms with Crippen molar-refractivity contribution in [3.8, 4) is 0 Å². The molecule has 1 saturated heterocycles. The molecule has 0 aromatic heterocycles. The molecule has 2 atom stereocenters. The fourth-order valence-corrected chi connectivity index (χ4v) is 4.02. The van der Waals surface area contributed by atoms with Gasteiger partial charge in [-0.2, -0.15) is 0 Å². The fraction of sp³-hybridized carbons (Fsp3) is 0.588. The summed E-state index contributed by atoms with van der Waals surface area (Å²) in [6.45, 7) is 8.52. The second kappa shape index (κ2) is 7.88. The first-order valence-electron chi connectivity index (χ1n) is 7.81. The summed E-state index contributed by atoms with van der Waals surface area (Å²) in [5, 5.41) is 0. The lowest BCUT2D eigenvalue weighted by Crippen LogP contribution is -2.28. The molecule has 22 heavy (non-hydrogen) atoms. The molecule has 0 bridgehead atoms. The lowest BCUT2D eigenvalue weighted by atomic mass is 10.1. The van der Waals surface area contributed by atoms with E-state index in [-0.39, 0.29) is 12.1 Å². The first kappa shape index (κ1) is 17.2. The summed E-state index contributed by atoms with van der Waals surface area (Å²) in [5.74, 6) is 1.74. The maximum atomic E-state index is 11.8. The monoisotopic (exact) mass is 323 g/mol. The molecule has 1 heterocycles. The highest BCUT2D eigenvalue weighted by Crippen LogP contribution is 2.14. The Morgan fingerprint density at radius 3 is 2.68 bits per heavy atom. The van der Waals surface area contributed by atoms with Gasteiger partial charge in [0.25, 0.3) is 0 Å². The van der Waals surface area contributed by atoms with Crippen LogP contribution in [0, 0.1) is 5.92 Å². The van der Waals surface area contributed by atoms with Crippen LogP contribution in [0.1, 0.15) is 36.7 Å². The van der Waals surface area contributed by atoms with E-state index in [1.807, 2.05) is 38.1 Å². The van der Waals surface area contributed by atoms with Gasteiger partial charge in [0, 0.05) is 41.9 Å². The average molecular weight is 323 g/mol. The summed E-state index contributed by atoms with van der Waals surface area (Å²) in [7, 11) is -0.685. The van der Waals surface area contributed by atoms with E-state index in [9.17, 15) is 9.00 Å². The molecule has 2 rings (SSSR count). The fourth-order valence-electron chi connectivity index (χ4n) is 2.65. The summed E-state index contributed by atoms with van der Waals surface area (Å²) in [5.41, 5.74) is 1.75. The summed E-state index contributed by atoms with van der Waals surface area (Å²) in [4.78, 5) is 14.2. The van der Waals surface area contributed by atoms with Crippen molar-refractivity contribution in [2.24, 2.45) is 5.92 Å². The molecule has 0 spiro atoms. The standard InChI is InChI=1S/C17H25NO3S/c1-13(2)21-17(19)16-6-4-15(5-7-16)11-18-8-9-22(20)12-14(3)10-18/h4-7,13-14H,8-12H2,1-3H3/t14-,22-/m0/s1. The Morgan fingerprint density at radius 2 is 2.05 bits per heavy atom. The van der Waals surface area contributed by atoms with Gasteiger partial charge in [-0.3, -0.25) is 9.11 Å². The number of hydrogen-bond donors (Lipinski definition) is 0. The Hall–Kier alpha value is -1.20. The number of hydrogen-bond acceptors (Lipinski definition) is 4. The van der Waals surface area contributed by atoms with E-state index < -0.39 is 10.8 Å². The van der Waals surface area contributed by atoms with Crippen LogP contribution in [0.3, 0.4) is 0 Å². The van der Waals surface area contributed by atoms with E-state index in [1.54, 1.807) is 0 Å². The first-order chi connectivity index (χ1) is 10.4. The number of ether oxygens (including phenoxy) is 1. The minimum absolute atomic E-state index is 0.105. The lowest BCUT2D eigenvalue weighted by Gasteiger charge is -2.21. The van der Waals surface area contributed by atoms with Crippen LogP contribution in [0.2, 0.25) is 0 Å². The normalized spacial score (nSPS) is 23.3. The Balaban J connectivity index is 1.96. The molecule has 0 unspecified atom stereocenters. The second-order valence-electron chi connectivity index (χ2n) is 6.30. The molecule has 0 amide bonds. The summed E-state index contributed by atoms with van der Waals surface area (Å²) < 4.78 is 16.9. The molecule has 0 radical (unpaired) electrons. The molecule has 5 heteroatoms. The van der Waals surface area contributed by atoms with Crippen LogP contribution in [0.15, 0.2) is 24.3 Å². The molecule has 1 aliphatic rings. The zero-order valence-electron chi connectivity index (χ0n) is 13.6. The minimum Gasteiger partial charge on any atom is -0.459 e. The van der Waals surface area contributed by atoms with E-state index in [0.717, 1.165) is 31.1 Å². The van der Waals surface area contributed by atoms with E-state index in [1.165, 1.54) is 5.56 Å². The number of rotatable bonds is 4. The lowest BCUT2D eigenvalue weighted by molar-refractivity contribution is 0.0378. The van der Waals surface area contributed by atoms with Crippen LogP contribution >= 0.6 is 0 Å². The smallest absolute Gasteiger partial charge is 0.338 e. The average Bonchev–Trinajstić information content (AvgIpc) is 2.59. The highest BCUT2D eigenvalue weighted by Gasteiger charge is 2.19. The predicted molar refractivity (Wildman–Crippen MR) is 89.3 cm³/mol. The van der Waals surface area contributed by atoms with Crippen LogP contribution in [0.25, 0.3) is 0 Å². The van der Waals surface area contributed by atoms with E-state index in [2.05, 4.69) is 11.8 Å². The molecule has 1 fully saturated rings. The Labute approximate surface area is 135 Å². The third-order valence-corrected chi connectivity index (χ3v) is 5.19. The van der Waals surface area contributed by atoms with Gasteiger partial charge >= 0.3 is 5.97 Å². The molecule has 0 aliphatic carbocycles. The van der Waals surface area contributed by atoms with Gasteiger partial charge in [-0.05, 0) is 37.5 Å². The van der Waals surface area contributed by atoms with Crippen molar-refractivity contribution in [2.45, 2.75) is 33.4 Å². The maximum absolute atomic E-state index is 11.8. The molecule has 0 saturated carbocycles. The molecular weight excluding hydrogens is 298 g/mol. The second-order valence-corrected chi connectivity index (χ2v) is 7.92. The number of carbonyl (C=O) groups excluding carboxylic acids is 1. The van der Waals surface area contributed by atoms with Gasteiger partial charge in [-0.1, -0.05) is 19.1 Å². The number of benzene rings is 1. The third-order valence-electron chi connectivity index (χ3n) is 3.61. The van der Waals surface area contributed by atoms with Gasteiger partial charge in [0.05, 0.1) is 11.7 Å². The number of carbonyl (C=O) groups is 1. The molecule has 0 N–H and O–H groups in total. The van der Waals surface area contributed by atoms with Crippen LogP contribution in [0.5, 0.6) is 0 Å².